The Morgan fingerprint density at radius 2 is 1.04 bits per heavy atom. The minimum Gasteiger partial charge on any atom is -0.228 e. The summed E-state index contributed by atoms with van der Waals surface area (Å²) >= 11 is 3.89. The quantitative estimate of drug-likeness (QED) is 0.183. The van der Waals surface area contributed by atoms with Crippen LogP contribution in [-0.2, 0) is 11.2 Å². The number of aromatic nitrogens is 2. The van der Waals surface area contributed by atoms with Gasteiger partial charge in [-0.15, -0.1) is 11.8 Å². The molecule has 7 aromatic carbocycles. The summed E-state index contributed by atoms with van der Waals surface area (Å²) in [7, 11) is 0. The Balaban J connectivity index is 1.11. The van der Waals surface area contributed by atoms with Gasteiger partial charge in [0.15, 0.2) is 5.82 Å². The average Bonchev–Trinajstić information content (AvgIpc) is 3.51. The fourth-order valence-corrected chi connectivity index (χ4v) is 11.1. The molecule has 0 amide bonds. The van der Waals surface area contributed by atoms with Crippen molar-refractivity contribution in [3.8, 4) is 56.2 Å². The van der Waals surface area contributed by atoms with Crippen LogP contribution < -0.4 is 0 Å². The summed E-state index contributed by atoms with van der Waals surface area (Å²) in [5.41, 5.74) is 16.9. The standard InChI is InChI=1S/C48H30N2S2/c1-3-13-30(14-4-1)42-28-43(50-47(49-42)31-15-5-2-6-16-31)32-23-26-44-36(27-32)33-24-25-41-46(37(33)29-51-44)52-45-22-12-11-21-40(45)48(41)38-19-9-7-17-34(38)35-18-8-10-20-39(35)48/h1-28H,29H2. The van der Waals surface area contributed by atoms with Crippen LogP contribution in [0, 0.1) is 0 Å². The predicted molar refractivity (Wildman–Crippen MR) is 215 cm³/mol. The molecule has 11 rings (SSSR count). The molecule has 0 bridgehead atoms. The van der Waals surface area contributed by atoms with Gasteiger partial charge in [-0.2, -0.15) is 0 Å². The molecule has 2 nitrogen and oxygen atoms in total. The lowest BCUT2D eigenvalue weighted by molar-refractivity contribution is 0.719. The van der Waals surface area contributed by atoms with E-state index in [2.05, 4.69) is 146 Å². The van der Waals surface area contributed by atoms with Gasteiger partial charge in [-0.3, -0.25) is 0 Å². The van der Waals surface area contributed by atoms with Crippen LogP contribution in [0.2, 0.25) is 0 Å². The first-order valence-corrected chi connectivity index (χ1v) is 19.5. The summed E-state index contributed by atoms with van der Waals surface area (Å²) in [6, 6.07) is 61.7. The molecule has 2 aliphatic heterocycles. The van der Waals surface area contributed by atoms with Gasteiger partial charge in [-0.25, -0.2) is 9.97 Å². The summed E-state index contributed by atoms with van der Waals surface area (Å²) in [6.07, 6.45) is 0. The van der Waals surface area contributed by atoms with Crippen LogP contribution >= 0.6 is 23.5 Å². The first kappa shape index (κ1) is 30.0. The van der Waals surface area contributed by atoms with Crippen molar-refractivity contribution in [1.82, 2.24) is 9.97 Å². The summed E-state index contributed by atoms with van der Waals surface area (Å²) in [6.45, 7) is 0. The molecule has 0 fully saturated rings. The minimum absolute atomic E-state index is 0.366. The van der Waals surface area contributed by atoms with Gasteiger partial charge in [0, 0.05) is 37.1 Å². The highest BCUT2D eigenvalue weighted by Gasteiger charge is 2.50. The second-order valence-electron chi connectivity index (χ2n) is 13.6. The van der Waals surface area contributed by atoms with Gasteiger partial charge in [0.25, 0.3) is 0 Å². The summed E-state index contributed by atoms with van der Waals surface area (Å²) in [5, 5.41) is 0. The van der Waals surface area contributed by atoms with E-state index in [1.165, 1.54) is 64.8 Å². The highest BCUT2D eigenvalue weighted by Crippen LogP contribution is 2.63. The van der Waals surface area contributed by atoms with Crippen LogP contribution in [0.5, 0.6) is 0 Å². The third kappa shape index (κ3) is 4.35. The fraction of sp³-hybridized carbons (Fsp3) is 0.0417. The van der Waals surface area contributed by atoms with Gasteiger partial charge < -0.3 is 0 Å². The number of nitrogens with zero attached hydrogens (tertiary/aromatic N) is 2. The summed E-state index contributed by atoms with van der Waals surface area (Å²) in [4.78, 5) is 14.2. The number of rotatable bonds is 3. The highest BCUT2D eigenvalue weighted by atomic mass is 32.2. The number of fused-ring (bicyclic) bond motifs is 13. The zero-order chi connectivity index (χ0) is 34.2. The molecule has 244 valence electrons. The summed E-state index contributed by atoms with van der Waals surface area (Å²) in [5.74, 6) is 1.67. The Kier molecular flexibility index (Phi) is 6.73. The molecule has 4 heteroatoms. The second kappa shape index (κ2) is 11.7. The lowest BCUT2D eigenvalue weighted by atomic mass is 9.67. The Bertz CT molecular complexity index is 2620. The van der Waals surface area contributed by atoms with Crippen molar-refractivity contribution in [2.24, 2.45) is 0 Å². The van der Waals surface area contributed by atoms with Gasteiger partial charge in [-0.1, -0.05) is 157 Å². The number of hydrogen-bond acceptors (Lipinski definition) is 4. The maximum absolute atomic E-state index is 5.17. The first-order chi connectivity index (χ1) is 25.8. The normalized spacial score (nSPS) is 14.1. The molecule has 0 saturated heterocycles. The molecular formula is C48H30N2S2. The SMILES string of the molecule is c1ccc(-c2cc(-c3ccc4c(c3)-c3ccc5c(c3CS4)Sc3ccccc3C53c4ccccc4-c4ccccc43)nc(-c3ccccc3)n2)cc1. The monoisotopic (exact) mass is 698 g/mol. The maximum atomic E-state index is 5.17. The van der Waals surface area contributed by atoms with Crippen LogP contribution in [0.1, 0.15) is 27.8 Å². The lowest BCUT2D eigenvalue weighted by Crippen LogP contribution is -2.32. The molecule has 1 aliphatic carbocycles. The van der Waals surface area contributed by atoms with Gasteiger partial charge in [0.1, 0.15) is 0 Å². The van der Waals surface area contributed by atoms with Crippen molar-refractivity contribution in [3.63, 3.8) is 0 Å². The van der Waals surface area contributed by atoms with E-state index in [-0.39, 0.29) is 5.41 Å². The largest absolute Gasteiger partial charge is 0.228 e. The molecule has 0 unspecified atom stereocenters. The molecule has 0 N–H and O–H groups in total. The number of benzene rings is 7. The van der Waals surface area contributed by atoms with Crippen molar-refractivity contribution >= 4 is 23.5 Å². The smallest absolute Gasteiger partial charge is 0.160 e. The lowest BCUT2D eigenvalue weighted by Gasteiger charge is -2.41. The molecule has 1 aromatic heterocycles. The Hall–Kier alpha value is -5.68. The highest BCUT2D eigenvalue weighted by molar-refractivity contribution is 8.00. The maximum Gasteiger partial charge on any atom is 0.160 e. The van der Waals surface area contributed by atoms with Crippen LogP contribution in [0.4, 0.5) is 0 Å². The molecule has 0 radical (unpaired) electrons. The Labute approximate surface area is 311 Å². The van der Waals surface area contributed by atoms with Crippen molar-refractivity contribution in [2.75, 3.05) is 0 Å². The zero-order valence-electron chi connectivity index (χ0n) is 28.1. The molecule has 3 heterocycles. The van der Waals surface area contributed by atoms with E-state index in [1.54, 1.807) is 0 Å². The molecule has 3 aliphatic rings. The second-order valence-corrected chi connectivity index (χ2v) is 15.7. The average molecular weight is 699 g/mol. The third-order valence-corrected chi connectivity index (χ3v) is 13.2. The Morgan fingerprint density at radius 3 is 1.77 bits per heavy atom. The Morgan fingerprint density at radius 1 is 0.423 bits per heavy atom. The van der Waals surface area contributed by atoms with E-state index >= 15 is 0 Å². The van der Waals surface area contributed by atoms with E-state index in [4.69, 9.17) is 9.97 Å². The topological polar surface area (TPSA) is 25.8 Å². The van der Waals surface area contributed by atoms with E-state index in [1.807, 2.05) is 47.8 Å². The molecule has 52 heavy (non-hydrogen) atoms. The van der Waals surface area contributed by atoms with Crippen LogP contribution in [0.3, 0.4) is 0 Å². The van der Waals surface area contributed by atoms with Crippen LogP contribution in [0.25, 0.3) is 56.2 Å². The van der Waals surface area contributed by atoms with Crippen LogP contribution in [-0.4, -0.2) is 9.97 Å². The van der Waals surface area contributed by atoms with E-state index < -0.39 is 0 Å². The van der Waals surface area contributed by atoms with E-state index in [0.717, 1.165) is 39.7 Å². The first-order valence-electron chi connectivity index (χ1n) is 17.7. The van der Waals surface area contributed by atoms with Gasteiger partial charge in [0.05, 0.1) is 16.8 Å². The third-order valence-electron chi connectivity index (χ3n) is 10.9. The van der Waals surface area contributed by atoms with E-state index in [9.17, 15) is 0 Å². The van der Waals surface area contributed by atoms with Crippen molar-refractivity contribution in [2.45, 2.75) is 25.9 Å². The molecule has 0 atom stereocenters. The summed E-state index contributed by atoms with van der Waals surface area (Å²) < 4.78 is 0. The van der Waals surface area contributed by atoms with Crippen molar-refractivity contribution in [1.29, 1.82) is 0 Å². The number of thioether (sulfide) groups is 1. The molecule has 1 spiro atoms. The molecule has 8 aromatic rings. The van der Waals surface area contributed by atoms with E-state index in [0.29, 0.717) is 0 Å². The fourth-order valence-electron chi connectivity index (χ4n) is 8.62. The van der Waals surface area contributed by atoms with Gasteiger partial charge in [-0.05, 0) is 74.3 Å². The van der Waals surface area contributed by atoms with Gasteiger partial charge in [0.2, 0.25) is 0 Å². The number of hydrogen-bond donors (Lipinski definition) is 0. The van der Waals surface area contributed by atoms with Crippen molar-refractivity contribution < 1.29 is 0 Å². The van der Waals surface area contributed by atoms with Crippen LogP contribution in [0.15, 0.2) is 185 Å². The zero-order valence-corrected chi connectivity index (χ0v) is 29.7. The molecular weight excluding hydrogens is 669 g/mol. The minimum atomic E-state index is -0.366. The predicted octanol–water partition coefficient (Wildman–Crippen LogP) is 12.6. The van der Waals surface area contributed by atoms with Crippen molar-refractivity contribution in [3.05, 3.63) is 198 Å². The molecule has 0 saturated carbocycles. The van der Waals surface area contributed by atoms with Gasteiger partial charge >= 0.3 is 0 Å².